The van der Waals surface area contributed by atoms with E-state index in [4.69, 9.17) is 32.7 Å². The second kappa shape index (κ2) is 12.4. The third kappa shape index (κ3) is 7.21. The van der Waals surface area contributed by atoms with Crippen molar-refractivity contribution in [1.82, 2.24) is 10.7 Å². The maximum Gasteiger partial charge on any atom is 0.259 e. The number of hydrogen-bond acceptors (Lipinski definition) is 5. The predicted octanol–water partition coefficient (Wildman–Crippen LogP) is 5.22. The minimum Gasteiger partial charge on any atom is -0.496 e. The lowest BCUT2D eigenvalue weighted by atomic mass is 10.2. The Morgan fingerprint density at radius 1 is 1.03 bits per heavy atom. The third-order valence-electron chi connectivity index (χ3n) is 4.50. The number of methoxy groups -OCH3 is 1. The van der Waals surface area contributed by atoms with Gasteiger partial charge in [0.2, 0.25) is 0 Å². The number of amides is 2. The number of hydrazone groups is 1. The van der Waals surface area contributed by atoms with Gasteiger partial charge in [-0.1, -0.05) is 41.4 Å². The van der Waals surface area contributed by atoms with E-state index in [0.29, 0.717) is 38.2 Å². The number of hydrogen-bond donors (Lipinski definition) is 2. The fourth-order valence-electron chi connectivity index (χ4n) is 2.81. The molecule has 0 aliphatic heterocycles. The molecule has 0 heterocycles. The maximum absolute atomic E-state index is 12.2. The second-order valence-electron chi connectivity index (χ2n) is 6.90. The Morgan fingerprint density at radius 3 is 2.56 bits per heavy atom. The molecule has 0 spiro atoms. The summed E-state index contributed by atoms with van der Waals surface area (Å²) in [5.74, 6) is 0.164. The zero-order valence-corrected chi connectivity index (χ0v) is 21.1. The van der Waals surface area contributed by atoms with E-state index in [1.54, 1.807) is 54.6 Å². The second-order valence-corrected chi connectivity index (χ2v) is 8.57. The molecule has 10 heteroatoms. The molecule has 176 valence electrons. The molecule has 0 aromatic heterocycles. The largest absolute Gasteiger partial charge is 0.496 e. The molecule has 34 heavy (non-hydrogen) atoms. The first-order valence-corrected chi connectivity index (χ1v) is 11.5. The van der Waals surface area contributed by atoms with E-state index >= 15 is 0 Å². The van der Waals surface area contributed by atoms with Gasteiger partial charge in [-0.25, -0.2) is 5.43 Å². The summed E-state index contributed by atoms with van der Waals surface area (Å²) in [5, 5.41) is 7.40. The molecule has 0 bridgehead atoms. The van der Waals surface area contributed by atoms with Crippen molar-refractivity contribution in [1.29, 1.82) is 0 Å². The van der Waals surface area contributed by atoms with Crippen molar-refractivity contribution < 1.29 is 19.1 Å². The molecular formula is C24H20BrCl2N3O4. The third-order valence-corrected chi connectivity index (χ3v) is 5.86. The van der Waals surface area contributed by atoms with E-state index < -0.39 is 11.8 Å². The van der Waals surface area contributed by atoms with Crippen LogP contribution in [0.5, 0.6) is 11.5 Å². The number of nitrogens with zero attached hydrogens (tertiary/aromatic N) is 1. The van der Waals surface area contributed by atoms with Crippen molar-refractivity contribution in [2.24, 2.45) is 5.10 Å². The first-order valence-electron chi connectivity index (χ1n) is 9.96. The SMILES string of the molecule is COc1ccccc1C(=O)NCC(=O)NN=Cc1ccc(OCc2ccc(Cl)c(Cl)c2)c(Br)c1. The van der Waals surface area contributed by atoms with Crippen molar-refractivity contribution in [2.45, 2.75) is 6.61 Å². The van der Waals surface area contributed by atoms with Gasteiger partial charge < -0.3 is 14.8 Å². The molecule has 3 aromatic carbocycles. The highest BCUT2D eigenvalue weighted by atomic mass is 79.9. The molecule has 0 aliphatic rings. The summed E-state index contributed by atoms with van der Waals surface area (Å²) in [6, 6.07) is 17.4. The summed E-state index contributed by atoms with van der Waals surface area (Å²) in [6.07, 6.45) is 1.48. The molecule has 2 N–H and O–H groups in total. The first kappa shape index (κ1) is 25.6. The van der Waals surface area contributed by atoms with E-state index in [0.717, 1.165) is 11.1 Å². The fourth-order valence-corrected chi connectivity index (χ4v) is 3.64. The van der Waals surface area contributed by atoms with Crippen molar-refractivity contribution in [2.75, 3.05) is 13.7 Å². The Morgan fingerprint density at radius 2 is 1.82 bits per heavy atom. The molecule has 0 fully saturated rings. The minimum absolute atomic E-state index is 0.237. The van der Waals surface area contributed by atoms with E-state index in [1.165, 1.54) is 13.3 Å². The standard InChI is InChI=1S/C24H20BrCl2N3O4/c1-33-21-5-3-2-4-17(21)24(32)28-13-23(31)30-29-12-15-7-9-22(18(25)10-15)34-14-16-6-8-19(26)20(27)11-16/h2-12H,13-14H2,1H3,(H,28,32)(H,30,31). The van der Waals surface area contributed by atoms with Crippen LogP contribution in [0.3, 0.4) is 0 Å². The summed E-state index contributed by atoms with van der Waals surface area (Å²) in [4.78, 5) is 24.2. The van der Waals surface area contributed by atoms with Crippen molar-refractivity contribution >= 4 is 57.2 Å². The summed E-state index contributed by atoms with van der Waals surface area (Å²) in [7, 11) is 1.47. The van der Waals surface area contributed by atoms with Crippen LogP contribution in [-0.2, 0) is 11.4 Å². The topological polar surface area (TPSA) is 89.0 Å². The van der Waals surface area contributed by atoms with Crippen LogP contribution in [0.4, 0.5) is 0 Å². The highest BCUT2D eigenvalue weighted by molar-refractivity contribution is 9.10. The molecule has 0 atom stereocenters. The van der Waals surface area contributed by atoms with Gasteiger partial charge in [-0.15, -0.1) is 0 Å². The zero-order chi connectivity index (χ0) is 24.5. The van der Waals surface area contributed by atoms with Crippen LogP contribution < -0.4 is 20.2 Å². The summed E-state index contributed by atoms with van der Waals surface area (Å²) >= 11 is 15.4. The van der Waals surface area contributed by atoms with Gasteiger partial charge in [0.15, 0.2) is 0 Å². The first-order chi connectivity index (χ1) is 16.4. The van der Waals surface area contributed by atoms with Crippen molar-refractivity contribution in [3.8, 4) is 11.5 Å². The Kier molecular flexibility index (Phi) is 9.33. The number of ether oxygens (including phenoxy) is 2. The van der Waals surface area contributed by atoms with Crippen LogP contribution in [-0.4, -0.2) is 31.7 Å². The van der Waals surface area contributed by atoms with Crippen LogP contribution in [0.25, 0.3) is 0 Å². The normalized spacial score (nSPS) is 10.7. The monoisotopic (exact) mass is 563 g/mol. The predicted molar refractivity (Wildman–Crippen MR) is 136 cm³/mol. The van der Waals surface area contributed by atoms with Crippen LogP contribution in [0.15, 0.2) is 70.2 Å². The quantitative estimate of drug-likeness (QED) is 0.275. The highest BCUT2D eigenvalue weighted by Crippen LogP contribution is 2.28. The summed E-state index contributed by atoms with van der Waals surface area (Å²) < 4.78 is 11.7. The number of carbonyl (C=O) groups is 2. The van der Waals surface area contributed by atoms with Gasteiger partial charge in [-0.05, 0) is 69.5 Å². The van der Waals surface area contributed by atoms with Gasteiger partial charge in [0.05, 0.1) is 40.0 Å². The van der Waals surface area contributed by atoms with Gasteiger partial charge in [-0.3, -0.25) is 9.59 Å². The average molecular weight is 565 g/mol. The van der Waals surface area contributed by atoms with Crippen LogP contribution in [0, 0.1) is 0 Å². The zero-order valence-electron chi connectivity index (χ0n) is 18.0. The molecular weight excluding hydrogens is 545 g/mol. The maximum atomic E-state index is 12.2. The van der Waals surface area contributed by atoms with Gasteiger partial charge in [0, 0.05) is 0 Å². The van der Waals surface area contributed by atoms with E-state index in [1.807, 2.05) is 6.07 Å². The Hall–Kier alpha value is -3.07. The number of halogens is 3. The van der Waals surface area contributed by atoms with E-state index in [9.17, 15) is 9.59 Å². The van der Waals surface area contributed by atoms with E-state index in [-0.39, 0.29) is 6.54 Å². The molecule has 0 saturated heterocycles. The number of nitrogens with one attached hydrogen (secondary N) is 2. The number of carbonyl (C=O) groups excluding carboxylic acids is 2. The Balaban J connectivity index is 1.48. The Bertz CT molecular complexity index is 1220. The smallest absolute Gasteiger partial charge is 0.259 e. The number of benzene rings is 3. The van der Waals surface area contributed by atoms with Crippen LogP contribution in [0.2, 0.25) is 10.0 Å². The summed E-state index contributed by atoms with van der Waals surface area (Å²) in [6.45, 7) is 0.0823. The fraction of sp³-hybridized carbons (Fsp3) is 0.125. The number of rotatable bonds is 9. The Labute approximate surface area is 215 Å². The van der Waals surface area contributed by atoms with Gasteiger partial charge >= 0.3 is 0 Å². The number of para-hydroxylation sites is 1. The molecule has 0 unspecified atom stereocenters. The highest BCUT2D eigenvalue weighted by Gasteiger charge is 2.12. The lowest BCUT2D eigenvalue weighted by molar-refractivity contribution is -0.120. The molecule has 0 saturated carbocycles. The molecule has 2 amide bonds. The van der Waals surface area contributed by atoms with Crippen LogP contribution >= 0.6 is 39.1 Å². The van der Waals surface area contributed by atoms with Crippen molar-refractivity contribution in [3.05, 3.63) is 91.9 Å². The molecule has 0 aliphatic carbocycles. The van der Waals surface area contributed by atoms with Gasteiger partial charge in [-0.2, -0.15) is 5.10 Å². The lowest BCUT2D eigenvalue weighted by Gasteiger charge is -2.09. The molecule has 0 radical (unpaired) electrons. The van der Waals surface area contributed by atoms with Crippen molar-refractivity contribution in [3.63, 3.8) is 0 Å². The van der Waals surface area contributed by atoms with E-state index in [2.05, 4.69) is 31.8 Å². The van der Waals surface area contributed by atoms with Crippen LogP contribution in [0.1, 0.15) is 21.5 Å². The molecule has 7 nitrogen and oxygen atoms in total. The average Bonchev–Trinajstić information content (AvgIpc) is 2.84. The summed E-state index contributed by atoms with van der Waals surface area (Å²) in [5.41, 5.74) is 4.32. The minimum atomic E-state index is -0.472. The lowest BCUT2D eigenvalue weighted by Crippen LogP contribution is -2.35. The molecule has 3 aromatic rings. The van der Waals surface area contributed by atoms with Gasteiger partial charge in [0.25, 0.3) is 11.8 Å². The van der Waals surface area contributed by atoms with Gasteiger partial charge in [0.1, 0.15) is 18.1 Å². The molecule has 3 rings (SSSR count).